The Morgan fingerprint density at radius 3 is 2.57 bits per heavy atom. The number of halogens is 1. The molecule has 1 aromatic carbocycles. The third-order valence-electron chi connectivity index (χ3n) is 2.95. The Labute approximate surface area is 138 Å². The zero-order valence-corrected chi connectivity index (χ0v) is 13.3. The molecule has 1 aromatic heterocycles. The van der Waals surface area contributed by atoms with E-state index in [4.69, 9.17) is 16.0 Å². The largest absolute Gasteiger partial charge is 0.463 e. The van der Waals surface area contributed by atoms with Crippen molar-refractivity contribution in [1.29, 1.82) is 0 Å². The fourth-order valence-electron chi connectivity index (χ4n) is 1.75. The molecule has 120 valence electrons. The summed E-state index contributed by atoms with van der Waals surface area (Å²) in [5, 5.41) is 7.03. The van der Waals surface area contributed by atoms with Crippen molar-refractivity contribution >= 4 is 29.1 Å². The number of carbonyl (C=O) groups is 2. The van der Waals surface area contributed by atoms with Crippen LogP contribution in [0.3, 0.4) is 0 Å². The standard InChI is InChI=1S/C16H16ClN3O3/c1-11(14-3-2-8-23-14)19-20-16(22)10-18-15(21)9-12-4-6-13(17)7-5-12/h2-8H,9-10H2,1H3,(H,18,21)(H,20,22)/b19-11+. The Morgan fingerprint density at radius 1 is 1.17 bits per heavy atom. The van der Waals surface area contributed by atoms with Crippen LogP contribution in [-0.2, 0) is 16.0 Å². The van der Waals surface area contributed by atoms with Crippen LogP contribution < -0.4 is 10.7 Å². The molecule has 0 aliphatic rings. The molecule has 0 unspecified atom stereocenters. The number of hydrazone groups is 1. The molecular weight excluding hydrogens is 318 g/mol. The van der Waals surface area contributed by atoms with Gasteiger partial charge < -0.3 is 9.73 Å². The van der Waals surface area contributed by atoms with Crippen LogP contribution in [0.4, 0.5) is 0 Å². The first-order valence-electron chi connectivity index (χ1n) is 6.93. The fraction of sp³-hybridized carbons (Fsp3) is 0.188. The number of hydrogen-bond acceptors (Lipinski definition) is 4. The monoisotopic (exact) mass is 333 g/mol. The van der Waals surface area contributed by atoms with Crippen LogP contribution in [0.1, 0.15) is 18.2 Å². The molecule has 0 fully saturated rings. The first-order valence-corrected chi connectivity index (χ1v) is 7.30. The van der Waals surface area contributed by atoms with Gasteiger partial charge in [-0.3, -0.25) is 9.59 Å². The average Bonchev–Trinajstić information content (AvgIpc) is 3.07. The van der Waals surface area contributed by atoms with Gasteiger partial charge in [-0.2, -0.15) is 5.10 Å². The molecule has 7 heteroatoms. The first kappa shape index (κ1) is 16.8. The fourth-order valence-corrected chi connectivity index (χ4v) is 1.88. The molecule has 0 aliphatic heterocycles. The maximum absolute atomic E-state index is 11.8. The predicted octanol–water partition coefficient (Wildman–Crippen LogP) is 2.13. The van der Waals surface area contributed by atoms with E-state index in [0.29, 0.717) is 16.5 Å². The van der Waals surface area contributed by atoms with E-state index < -0.39 is 5.91 Å². The van der Waals surface area contributed by atoms with E-state index in [9.17, 15) is 9.59 Å². The van der Waals surface area contributed by atoms with Crippen molar-refractivity contribution in [3.63, 3.8) is 0 Å². The Kier molecular flexibility index (Phi) is 5.94. The minimum atomic E-state index is -0.416. The molecule has 0 radical (unpaired) electrons. The molecule has 6 nitrogen and oxygen atoms in total. The van der Waals surface area contributed by atoms with Crippen molar-refractivity contribution in [2.24, 2.45) is 5.10 Å². The highest BCUT2D eigenvalue weighted by molar-refractivity contribution is 6.30. The van der Waals surface area contributed by atoms with Gasteiger partial charge in [-0.25, -0.2) is 5.43 Å². The lowest BCUT2D eigenvalue weighted by Crippen LogP contribution is -2.36. The maximum atomic E-state index is 11.8. The number of nitrogens with one attached hydrogen (secondary N) is 2. The third-order valence-corrected chi connectivity index (χ3v) is 3.20. The minimum absolute atomic E-state index is 0.151. The Morgan fingerprint density at radius 2 is 1.91 bits per heavy atom. The smallest absolute Gasteiger partial charge is 0.259 e. The summed E-state index contributed by atoms with van der Waals surface area (Å²) in [5.74, 6) is -0.105. The van der Waals surface area contributed by atoms with E-state index in [2.05, 4.69) is 15.8 Å². The van der Waals surface area contributed by atoms with Crippen molar-refractivity contribution < 1.29 is 14.0 Å². The topological polar surface area (TPSA) is 83.7 Å². The number of amides is 2. The Balaban J connectivity index is 1.74. The second kappa shape index (κ2) is 8.14. The van der Waals surface area contributed by atoms with Gasteiger partial charge in [0.15, 0.2) is 0 Å². The van der Waals surface area contributed by atoms with Gasteiger partial charge in [0, 0.05) is 5.02 Å². The van der Waals surface area contributed by atoms with Gasteiger partial charge in [0.05, 0.1) is 19.2 Å². The molecule has 2 rings (SSSR count). The molecule has 0 saturated heterocycles. The summed E-state index contributed by atoms with van der Waals surface area (Å²) in [6, 6.07) is 10.4. The van der Waals surface area contributed by atoms with E-state index >= 15 is 0 Å². The molecule has 1 heterocycles. The zero-order valence-electron chi connectivity index (χ0n) is 12.5. The van der Waals surface area contributed by atoms with E-state index in [1.165, 1.54) is 6.26 Å². The van der Waals surface area contributed by atoms with Crippen LogP contribution in [-0.4, -0.2) is 24.1 Å². The Bertz CT molecular complexity index is 694. The third kappa shape index (κ3) is 5.60. The minimum Gasteiger partial charge on any atom is -0.463 e. The van der Waals surface area contributed by atoms with Gasteiger partial charge in [0.1, 0.15) is 11.5 Å². The van der Waals surface area contributed by atoms with Crippen molar-refractivity contribution in [3.8, 4) is 0 Å². The summed E-state index contributed by atoms with van der Waals surface area (Å²) in [5.41, 5.74) is 3.71. The lowest BCUT2D eigenvalue weighted by Gasteiger charge is -2.05. The van der Waals surface area contributed by atoms with Gasteiger partial charge in [-0.05, 0) is 36.8 Å². The average molecular weight is 334 g/mol. The summed E-state index contributed by atoms with van der Waals surface area (Å²) in [7, 11) is 0. The normalized spacial score (nSPS) is 11.1. The summed E-state index contributed by atoms with van der Waals surface area (Å²) in [6.07, 6.45) is 1.70. The number of hydrogen-bond donors (Lipinski definition) is 2. The van der Waals surface area contributed by atoms with Gasteiger partial charge in [-0.15, -0.1) is 0 Å². The molecule has 23 heavy (non-hydrogen) atoms. The summed E-state index contributed by atoms with van der Waals surface area (Å²) in [4.78, 5) is 23.4. The van der Waals surface area contributed by atoms with Gasteiger partial charge in [0.2, 0.25) is 5.91 Å². The van der Waals surface area contributed by atoms with Crippen molar-refractivity contribution in [2.45, 2.75) is 13.3 Å². The van der Waals surface area contributed by atoms with Crippen LogP contribution in [0.25, 0.3) is 0 Å². The number of carbonyl (C=O) groups excluding carboxylic acids is 2. The molecule has 0 bridgehead atoms. The number of furan rings is 1. The molecule has 0 saturated carbocycles. The SMILES string of the molecule is C/C(=N\NC(=O)CNC(=O)Cc1ccc(Cl)cc1)c1ccco1. The first-order chi connectivity index (χ1) is 11.0. The van der Waals surface area contributed by atoms with E-state index in [-0.39, 0.29) is 18.9 Å². The summed E-state index contributed by atoms with van der Waals surface area (Å²) < 4.78 is 5.14. The molecule has 0 spiro atoms. The lowest BCUT2D eigenvalue weighted by molar-refractivity contribution is -0.125. The van der Waals surface area contributed by atoms with Crippen LogP contribution in [0, 0.1) is 0 Å². The molecule has 2 aromatic rings. The molecule has 2 amide bonds. The van der Waals surface area contributed by atoms with Crippen molar-refractivity contribution in [2.75, 3.05) is 6.54 Å². The number of rotatable bonds is 6. The zero-order chi connectivity index (χ0) is 16.7. The van der Waals surface area contributed by atoms with Crippen LogP contribution in [0.2, 0.25) is 5.02 Å². The van der Waals surface area contributed by atoms with Gasteiger partial charge in [-0.1, -0.05) is 23.7 Å². The highest BCUT2D eigenvalue weighted by Gasteiger charge is 2.07. The van der Waals surface area contributed by atoms with Crippen LogP contribution in [0.15, 0.2) is 52.2 Å². The summed E-state index contributed by atoms with van der Waals surface area (Å²) >= 11 is 5.78. The second-order valence-corrected chi connectivity index (χ2v) is 5.23. The lowest BCUT2D eigenvalue weighted by atomic mass is 10.1. The molecule has 0 aliphatic carbocycles. The second-order valence-electron chi connectivity index (χ2n) is 4.79. The van der Waals surface area contributed by atoms with Gasteiger partial charge >= 0.3 is 0 Å². The predicted molar refractivity (Wildman–Crippen MR) is 87.2 cm³/mol. The quantitative estimate of drug-likeness (QED) is 0.627. The molecular formula is C16H16ClN3O3. The summed E-state index contributed by atoms with van der Waals surface area (Å²) in [6.45, 7) is 1.56. The van der Waals surface area contributed by atoms with Crippen molar-refractivity contribution in [1.82, 2.24) is 10.7 Å². The highest BCUT2D eigenvalue weighted by atomic mass is 35.5. The van der Waals surface area contributed by atoms with Crippen LogP contribution >= 0.6 is 11.6 Å². The molecule has 0 atom stereocenters. The molecule has 2 N–H and O–H groups in total. The number of benzene rings is 1. The highest BCUT2D eigenvalue weighted by Crippen LogP contribution is 2.09. The Hall–Kier alpha value is -2.60. The maximum Gasteiger partial charge on any atom is 0.259 e. The van der Waals surface area contributed by atoms with Crippen molar-refractivity contribution in [3.05, 3.63) is 59.0 Å². The van der Waals surface area contributed by atoms with E-state index in [1.807, 2.05) is 0 Å². The van der Waals surface area contributed by atoms with Gasteiger partial charge in [0.25, 0.3) is 5.91 Å². The van der Waals surface area contributed by atoms with Crippen LogP contribution in [0.5, 0.6) is 0 Å². The van der Waals surface area contributed by atoms with E-state index in [1.54, 1.807) is 43.3 Å². The van der Waals surface area contributed by atoms with E-state index in [0.717, 1.165) is 5.56 Å². The number of nitrogens with zero attached hydrogens (tertiary/aromatic N) is 1.